The zero-order chi connectivity index (χ0) is 22.8. The molecule has 31 heavy (non-hydrogen) atoms. The molecule has 0 amide bonds. The van der Waals surface area contributed by atoms with E-state index in [9.17, 15) is 28.1 Å². The molecule has 1 aromatic heterocycles. The van der Waals surface area contributed by atoms with Crippen molar-refractivity contribution in [3.63, 3.8) is 0 Å². The number of nitro groups is 1. The summed E-state index contributed by atoms with van der Waals surface area (Å²) in [4.78, 5) is 30.1. The van der Waals surface area contributed by atoms with Crippen molar-refractivity contribution in [2.45, 2.75) is 13.1 Å². The van der Waals surface area contributed by atoms with Crippen LogP contribution in [0.2, 0.25) is 5.02 Å². The van der Waals surface area contributed by atoms with Gasteiger partial charge in [-0.2, -0.15) is 13.2 Å². The predicted molar refractivity (Wildman–Crippen MR) is 108 cm³/mol. The number of halogens is 4. The average molecular weight is 452 g/mol. The van der Waals surface area contributed by atoms with Crippen LogP contribution in [0.1, 0.15) is 22.8 Å². The molecule has 0 bridgehead atoms. The molecule has 2 aromatic carbocycles. The molecule has 0 atom stereocenters. The standard InChI is InChI=1S/C19H13ClF3N5O3/c1-10(29)11-3-2-4-12(7-11)26-17-16(28(30)31)18(25-9-24-17)27-13-5-6-15(20)14(8-13)19(21,22)23/h2-9H,1H3,(H2,24,25,26,27). The largest absolute Gasteiger partial charge is 0.417 e. The quantitative estimate of drug-likeness (QED) is 0.279. The van der Waals surface area contributed by atoms with Crippen LogP contribution in [-0.2, 0) is 6.18 Å². The molecule has 1 heterocycles. The molecule has 0 saturated heterocycles. The molecule has 12 heteroatoms. The van der Waals surface area contributed by atoms with Crippen LogP contribution in [0.5, 0.6) is 0 Å². The summed E-state index contributed by atoms with van der Waals surface area (Å²) < 4.78 is 39.3. The Morgan fingerprint density at radius 3 is 2.23 bits per heavy atom. The fourth-order valence-corrected chi connectivity index (χ4v) is 2.87. The first-order chi connectivity index (χ1) is 14.6. The highest BCUT2D eigenvalue weighted by Crippen LogP contribution is 2.38. The molecule has 0 fully saturated rings. The Kier molecular flexibility index (Phi) is 6.07. The van der Waals surface area contributed by atoms with Gasteiger partial charge in [0.25, 0.3) is 0 Å². The number of aromatic nitrogens is 2. The number of nitrogens with one attached hydrogen (secondary N) is 2. The maximum atomic E-state index is 13.1. The first-order valence-corrected chi connectivity index (χ1v) is 8.95. The number of hydrogen-bond acceptors (Lipinski definition) is 7. The van der Waals surface area contributed by atoms with Crippen LogP contribution in [0, 0.1) is 10.1 Å². The lowest BCUT2D eigenvalue weighted by molar-refractivity contribution is -0.383. The third kappa shape index (κ3) is 5.07. The minimum atomic E-state index is -4.71. The molecule has 0 spiro atoms. The van der Waals surface area contributed by atoms with Crippen LogP contribution >= 0.6 is 11.6 Å². The Morgan fingerprint density at radius 2 is 1.68 bits per heavy atom. The van der Waals surface area contributed by atoms with Gasteiger partial charge in [-0.05, 0) is 37.3 Å². The summed E-state index contributed by atoms with van der Waals surface area (Å²) in [6, 6.07) is 9.18. The number of rotatable bonds is 6. The highest BCUT2D eigenvalue weighted by atomic mass is 35.5. The van der Waals surface area contributed by atoms with E-state index in [0.717, 1.165) is 18.5 Å². The topological polar surface area (TPSA) is 110 Å². The molecule has 8 nitrogen and oxygen atoms in total. The number of ketones is 1. The third-order valence-corrected chi connectivity index (χ3v) is 4.40. The lowest BCUT2D eigenvalue weighted by Gasteiger charge is -2.13. The second kappa shape index (κ2) is 8.56. The lowest BCUT2D eigenvalue weighted by Crippen LogP contribution is -2.08. The first kappa shape index (κ1) is 22.0. The van der Waals surface area contributed by atoms with E-state index in [4.69, 9.17) is 11.6 Å². The summed E-state index contributed by atoms with van der Waals surface area (Å²) >= 11 is 5.60. The van der Waals surface area contributed by atoms with Crippen molar-refractivity contribution in [2.24, 2.45) is 0 Å². The summed E-state index contributed by atoms with van der Waals surface area (Å²) in [5, 5.41) is 16.4. The van der Waals surface area contributed by atoms with Gasteiger partial charge in [0.05, 0.1) is 15.5 Å². The van der Waals surface area contributed by atoms with E-state index >= 15 is 0 Å². The van der Waals surface area contributed by atoms with Crippen LogP contribution in [0.3, 0.4) is 0 Å². The number of benzene rings is 2. The Hall–Kier alpha value is -3.73. The van der Waals surface area contributed by atoms with Gasteiger partial charge >= 0.3 is 11.9 Å². The number of hydrogen-bond donors (Lipinski definition) is 2. The van der Waals surface area contributed by atoms with Crippen molar-refractivity contribution in [1.29, 1.82) is 0 Å². The SMILES string of the molecule is CC(=O)c1cccc(Nc2ncnc(Nc3ccc(Cl)c(C(F)(F)F)c3)c2[N+](=O)[O-])c1. The molecule has 0 radical (unpaired) electrons. The van der Waals surface area contributed by atoms with Crippen LogP contribution in [0.4, 0.5) is 41.9 Å². The van der Waals surface area contributed by atoms with Gasteiger partial charge < -0.3 is 10.6 Å². The van der Waals surface area contributed by atoms with E-state index in [-0.39, 0.29) is 23.1 Å². The van der Waals surface area contributed by atoms with Gasteiger partial charge in [0.15, 0.2) is 5.78 Å². The van der Waals surface area contributed by atoms with Crippen LogP contribution in [0.15, 0.2) is 48.8 Å². The molecule has 3 rings (SSSR count). The minimum absolute atomic E-state index is 0.108. The van der Waals surface area contributed by atoms with Gasteiger partial charge in [-0.3, -0.25) is 14.9 Å². The van der Waals surface area contributed by atoms with Crippen molar-refractivity contribution < 1.29 is 22.9 Å². The Morgan fingerprint density at radius 1 is 1.06 bits per heavy atom. The molecule has 0 aliphatic carbocycles. The summed E-state index contributed by atoms with van der Waals surface area (Å²) in [7, 11) is 0. The monoisotopic (exact) mass is 451 g/mol. The fraction of sp³-hybridized carbons (Fsp3) is 0.105. The molecular weight excluding hydrogens is 439 g/mol. The van der Waals surface area contributed by atoms with Crippen LogP contribution < -0.4 is 10.6 Å². The molecule has 0 saturated carbocycles. The van der Waals surface area contributed by atoms with Crippen molar-refractivity contribution in [1.82, 2.24) is 9.97 Å². The summed E-state index contributed by atoms with van der Waals surface area (Å²) in [5.41, 5.74) is -1.08. The first-order valence-electron chi connectivity index (χ1n) is 8.57. The molecular formula is C19H13ClF3N5O3. The second-order valence-corrected chi connectivity index (χ2v) is 6.66. The van der Waals surface area contributed by atoms with Gasteiger partial charge in [-0.15, -0.1) is 0 Å². The molecule has 160 valence electrons. The van der Waals surface area contributed by atoms with Crippen LogP contribution in [0.25, 0.3) is 0 Å². The predicted octanol–water partition coefficient (Wildman–Crippen LogP) is 5.75. The summed E-state index contributed by atoms with van der Waals surface area (Å²) in [5.74, 6) is -0.750. The summed E-state index contributed by atoms with van der Waals surface area (Å²) in [6.07, 6.45) is -3.70. The van der Waals surface area contributed by atoms with E-state index < -0.39 is 27.4 Å². The maximum Gasteiger partial charge on any atom is 0.417 e. The smallest absolute Gasteiger partial charge is 0.334 e. The van der Waals surface area contributed by atoms with Crippen molar-refractivity contribution in [3.05, 3.63) is 75.1 Å². The van der Waals surface area contributed by atoms with E-state index in [1.807, 2.05) is 0 Å². The lowest BCUT2D eigenvalue weighted by atomic mass is 10.1. The van der Waals surface area contributed by atoms with Gasteiger partial charge in [0, 0.05) is 16.9 Å². The van der Waals surface area contributed by atoms with Crippen molar-refractivity contribution >= 4 is 46.1 Å². The van der Waals surface area contributed by atoms with E-state index in [1.54, 1.807) is 18.2 Å². The normalized spacial score (nSPS) is 11.1. The zero-order valence-electron chi connectivity index (χ0n) is 15.7. The second-order valence-electron chi connectivity index (χ2n) is 6.26. The molecule has 0 unspecified atom stereocenters. The highest BCUT2D eigenvalue weighted by Gasteiger charge is 2.33. The highest BCUT2D eigenvalue weighted by molar-refractivity contribution is 6.31. The van der Waals surface area contributed by atoms with Gasteiger partial charge in [-0.25, -0.2) is 9.97 Å². The van der Waals surface area contributed by atoms with Gasteiger partial charge in [-0.1, -0.05) is 23.7 Å². The number of Topliss-reactive ketones (excluding diaryl/α,β-unsaturated/α-hetero) is 1. The third-order valence-electron chi connectivity index (χ3n) is 4.07. The molecule has 0 aliphatic heterocycles. The minimum Gasteiger partial charge on any atom is -0.334 e. The van der Waals surface area contributed by atoms with E-state index in [0.29, 0.717) is 11.3 Å². The van der Waals surface area contributed by atoms with Crippen LogP contribution in [-0.4, -0.2) is 20.7 Å². The van der Waals surface area contributed by atoms with Gasteiger partial charge in [0.1, 0.15) is 6.33 Å². The van der Waals surface area contributed by atoms with Gasteiger partial charge in [0.2, 0.25) is 11.6 Å². The van der Waals surface area contributed by atoms with E-state index in [2.05, 4.69) is 20.6 Å². The zero-order valence-corrected chi connectivity index (χ0v) is 16.5. The van der Waals surface area contributed by atoms with Crippen molar-refractivity contribution in [3.8, 4) is 0 Å². The fourth-order valence-electron chi connectivity index (χ4n) is 2.64. The average Bonchev–Trinajstić information content (AvgIpc) is 2.68. The number of carbonyl (C=O) groups is 1. The Labute approximate surface area is 178 Å². The van der Waals surface area contributed by atoms with Crippen molar-refractivity contribution in [2.75, 3.05) is 10.6 Å². The Bertz CT molecular complexity index is 1170. The number of carbonyl (C=O) groups excluding carboxylic acids is 1. The molecule has 0 aliphatic rings. The van der Waals surface area contributed by atoms with E-state index in [1.165, 1.54) is 19.1 Å². The maximum absolute atomic E-state index is 13.1. The number of alkyl halides is 3. The number of nitrogens with zero attached hydrogens (tertiary/aromatic N) is 3. The molecule has 2 N–H and O–H groups in total. The summed E-state index contributed by atoms with van der Waals surface area (Å²) in [6.45, 7) is 1.37. The Balaban J connectivity index is 1.99. The molecule has 3 aromatic rings. The number of anilines is 4.